The maximum absolute atomic E-state index is 4.59. The highest BCUT2D eigenvalue weighted by molar-refractivity contribution is 5.82. The average Bonchev–Trinajstić information content (AvgIpc) is 2.88. The number of H-pyrrole nitrogens is 1. The third-order valence-electron chi connectivity index (χ3n) is 3.59. The van der Waals surface area contributed by atoms with Crippen molar-refractivity contribution < 1.29 is 0 Å². The van der Waals surface area contributed by atoms with Crippen molar-refractivity contribution in [3.05, 3.63) is 12.2 Å². The molecule has 2 N–H and O–H groups in total. The van der Waals surface area contributed by atoms with Crippen LogP contribution in [0.15, 0.2) is 6.33 Å². The first-order chi connectivity index (χ1) is 8.86. The van der Waals surface area contributed by atoms with Crippen LogP contribution in [-0.2, 0) is 6.42 Å². The van der Waals surface area contributed by atoms with E-state index in [1.54, 1.807) is 6.33 Å². The number of nitrogens with zero attached hydrogens (tertiary/aromatic N) is 3. The molecule has 1 fully saturated rings. The van der Waals surface area contributed by atoms with Gasteiger partial charge in [0.25, 0.3) is 0 Å². The highest BCUT2D eigenvalue weighted by Gasteiger charge is 2.16. The summed E-state index contributed by atoms with van der Waals surface area (Å²) in [6, 6.07) is 0.546. The van der Waals surface area contributed by atoms with Crippen molar-refractivity contribution in [2.75, 3.05) is 5.32 Å². The highest BCUT2D eigenvalue weighted by Crippen LogP contribution is 2.23. The minimum absolute atomic E-state index is 0.546. The molecule has 3 rings (SSSR count). The maximum Gasteiger partial charge on any atom is 0.183 e. The molecular formula is C13H19N5. The van der Waals surface area contributed by atoms with Crippen LogP contribution in [0.4, 0.5) is 5.82 Å². The van der Waals surface area contributed by atoms with Gasteiger partial charge in [-0.15, -0.1) is 0 Å². The van der Waals surface area contributed by atoms with Crippen LogP contribution < -0.4 is 5.32 Å². The molecule has 2 aromatic rings. The van der Waals surface area contributed by atoms with E-state index in [1.807, 2.05) is 0 Å². The van der Waals surface area contributed by atoms with Crippen LogP contribution in [-0.4, -0.2) is 26.0 Å². The number of imidazole rings is 1. The molecule has 2 aromatic heterocycles. The lowest BCUT2D eigenvalue weighted by atomic mass is 9.95. The molecule has 0 saturated heterocycles. The summed E-state index contributed by atoms with van der Waals surface area (Å²) < 4.78 is 0. The summed E-state index contributed by atoms with van der Waals surface area (Å²) in [7, 11) is 0. The SMILES string of the molecule is CCc1nc(NC2CCCCC2)c2[nH]cnc2n1. The summed E-state index contributed by atoms with van der Waals surface area (Å²) >= 11 is 0. The predicted octanol–water partition coefficient (Wildman–Crippen LogP) is 2.66. The lowest BCUT2D eigenvalue weighted by Gasteiger charge is -2.23. The molecule has 0 unspecified atom stereocenters. The summed E-state index contributed by atoms with van der Waals surface area (Å²) in [6.45, 7) is 2.07. The van der Waals surface area contributed by atoms with Crippen molar-refractivity contribution in [1.82, 2.24) is 19.9 Å². The fraction of sp³-hybridized carbons (Fsp3) is 0.615. The number of rotatable bonds is 3. The Morgan fingerprint density at radius 2 is 2.11 bits per heavy atom. The lowest BCUT2D eigenvalue weighted by Crippen LogP contribution is -2.23. The van der Waals surface area contributed by atoms with Gasteiger partial charge in [-0.25, -0.2) is 15.0 Å². The Bertz CT molecular complexity index is 527. The zero-order chi connectivity index (χ0) is 12.4. The third kappa shape index (κ3) is 2.17. The number of hydrogen-bond acceptors (Lipinski definition) is 4. The van der Waals surface area contributed by atoms with E-state index in [2.05, 4.69) is 32.2 Å². The molecule has 0 amide bonds. The van der Waals surface area contributed by atoms with E-state index in [0.717, 1.165) is 29.2 Å². The van der Waals surface area contributed by atoms with Gasteiger partial charge in [0, 0.05) is 12.5 Å². The molecule has 0 aromatic carbocycles. The Labute approximate surface area is 106 Å². The van der Waals surface area contributed by atoms with Crippen LogP contribution >= 0.6 is 0 Å². The minimum atomic E-state index is 0.546. The Balaban J connectivity index is 1.91. The molecule has 0 atom stereocenters. The zero-order valence-electron chi connectivity index (χ0n) is 10.7. The van der Waals surface area contributed by atoms with Crippen LogP contribution in [0.3, 0.4) is 0 Å². The number of nitrogens with one attached hydrogen (secondary N) is 2. The molecule has 96 valence electrons. The summed E-state index contributed by atoms with van der Waals surface area (Å²) in [5.41, 5.74) is 1.69. The molecule has 0 spiro atoms. The van der Waals surface area contributed by atoms with Crippen molar-refractivity contribution in [2.45, 2.75) is 51.5 Å². The Hall–Kier alpha value is -1.65. The second-order valence-corrected chi connectivity index (χ2v) is 4.92. The molecule has 0 radical (unpaired) electrons. The van der Waals surface area contributed by atoms with Gasteiger partial charge in [-0.3, -0.25) is 0 Å². The first-order valence-corrected chi connectivity index (χ1v) is 6.83. The second kappa shape index (κ2) is 4.92. The number of hydrogen-bond donors (Lipinski definition) is 2. The Morgan fingerprint density at radius 1 is 1.28 bits per heavy atom. The van der Waals surface area contributed by atoms with Gasteiger partial charge >= 0.3 is 0 Å². The van der Waals surface area contributed by atoms with E-state index in [1.165, 1.54) is 32.1 Å². The molecule has 5 nitrogen and oxygen atoms in total. The van der Waals surface area contributed by atoms with Gasteiger partial charge in [0.15, 0.2) is 11.5 Å². The molecule has 1 aliphatic carbocycles. The lowest BCUT2D eigenvalue weighted by molar-refractivity contribution is 0.462. The molecule has 18 heavy (non-hydrogen) atoms. The number of fused-ring (bicyclic) bond motifs is 1. The fourth-order valence-corrected chi connectivity index (χ4v) is 2.58. The van der Waals surface area contributed by atoms with E-state index >= 15 is 0 Å². The van der Waals surface area contributed by atoms with Gasteiger partial charge in [-0.2, -0.15) is 0 Å². The summed E-state index contributed by atoms with van der Waals surface area (Å²) in [5, 5.41) is 3.56. The summed E-state index contributed by atoms with van der Waals surface area (Å²) in [4.78, 5) is 16.4. The summed E-state index contributed by atoms with van der Waals surface area (Å²) in [6.07, 6.45) is 8.99. The Kier molecular flexibility index (Phi) is 3.13. The third-order valence-corrected chi connectivity index (χ3v) is 3.59. The molecular weight excluding hydrogens is 226 g/mol. The first kappa shape index (κ1) is 11.4. The van der Waals surface area contributed by atoms with Crippen LogP contribution in [0.2, 0.25) is 0 Å². The van der Waals surface area contributed by atoms with Gasteiger partial charge in [-0.1, -0.05) is 26.2 Å². The topological polar surface area (TPSA) is 66.5 Å². The van der Waals surface area contributed by atoms with Crippen molar-refractivity contribution in [3.8, 4) is 0 Å². The van der Waals surface area contributed by atoms with Crippen LogP contribution in [0.1, 0.15) is 44.9 Å². The van der Waals surface area contributed by atoms with E-state index in [4.69, 9.17) is 0 Å². The standard InChI is InChI=1S/C13H19N5/c1-2-10-17-12-11(14-8-15-12)13(18-10)16-9-6-4-3-5-7-9/h8-9H,2-7H2,1H3,(H2,14,15,16,17,18). The van der Waals surface area contributed by atoms with Gasteiger partial charge in [0.1, 0.15) is 11.3 Å². The number of aromatic nitrogens is 4. The van der Waals surface area contributed by atoms with Crippen molar-refractivity contribution in [1.29, 1.82) is 0 Å². The molecule has 0 bridgehead atoms. The first-order valence-electron chi connectivity index (χ1n) is 6.83. The monoisotopic (exact) mass is 245 g/mol. The molecule has 5 heteroatoms. The quantitative estimate of drug-likeness (QED) is 0.872. The molecule has 0 aliphatic heterocycles. The van der Waals surface area contributed by atoms with Crippen LogP contribution in [0.25, 0.3) is 11.2 Å². The van der Waals surface area contributed by atoms with Crippen molar-refractivity contribution in [2.24, 2.45) is 0 Å². The average molecular weight is 245 g/mol. The predicted molar refractivity (Wildman–Crippen MR) is 71.6 cm³/mol. The van der Waals surface area contributed by atoms with E-state index < -0.39 is 0 Å². The smallest absolute Gasteiger partial charge is 0.183 e. The number of aromatic amines is 1. The van der Waals surface area contributed by atoms with E-state index in [0.29, 0.717) is 6.04 Å². The van der Waals surface area contributed by atoms with Crippen LogP contribution in [0.5, 0.6) is 0 Å². The maximum atomic E-state index is 4.59. The number of aryl methyl sites for hydroxylation is 1. The fourth-order valence-electron chi connectivity index (χ4n) is 2.58. The summed E-state index contributed by atoms with van der Waals surface area (Å²) in [5.74, 6) is 1.77. The Morgan fingerprint density at radius 3 is 2.89 bits per heavy atom. The van der Waals surface area contributed by atoms with Gasteiger partial charge in [-0.05, 0) is 12.8 Å². The molecule has 1 saturated carbocycles. The normalized spacial score (nSPS) is 17.2. The second-order valence-electron chi connectivity index (χ2n) is 4.92. The van der Waals surface area contributed by atoms with Crippen molar-refractivity contribution >= 4 is 17.0 Å². The van der Waals surface area contributed by atoms with Gasteiger partial charge in [0.2, 0.25) is 0 Å². The largest absolute Gasteiger partial charge is 0.365 e. The molecule has 1 aliphatic rings. The zero-order valence-corrected chi connectivity index (χ0v) is 10.7. The highest BCUT2D eigenvalue weighted by atomic mass is 15.1. The van der Waals surface area contributed by atoms with Crippen molar-refractivity contribution in [3.63, 3.8) is 0 Å². The molecule has 2 heterocycles. The van der Waals surface area contributed by atoms with Gasteiger partial charge < -0.3 is 10.3 Å². The minimum Gasteiger partial charge on any atom is -0.365 e. The number of anilines is 1. The van der Waals surface area contributed by atoms with E-state index in [-0.39, 0.29) is 0 Å². The van der Waals surface area contributed by atoms with Crippen LogP contribution in [0, 0.1) is 0 Å². The van der Waals surface area contributed by atoms with E-state index in [9.17, 15) is 0 Å². The van der Waals surface area contributed by atoms with Gasteiger partial charge in [0.05, 0.1) is 6.33 Å².